The van der Waals surface area contributed by atoms with Crippen LogP contribution in [0.2, 0.25) is 0 Å². The molecular weight excluding hydrogens is 415 g/mol. The highest BCUT2D eigenvalue weighted by atomic mass is 32.2. The van der Waals surface area contributed by atoms with Gasteiger partial charge in [-0.25, -0.2) is 14.2 Å². The van der Waals surface area contributed by atoms with Gasteiger partial charge in [0.05, 0.1) is 16.7 Å². The standard InChI is InChI=1S/C19H15FN4O5S/c1-30-19-22-9-16(23(19)14-6-4-13(20)5-7-14)18(26)29-10-12-3-2-11(17(21)25)8-15(12)24(27)28/h2-9H,10H2,1H3,(H2,21,25). The van der Waals surface area contributed by atoms with Gasteiger partial charge in [0.25, 0.3) is 5.69 Å². The van der Waals surface area contributed by atoms with Crippen molar-refractivity contribution in [1.29, 1.82) is 0 Å². The van der Waals surface area contributed by atoms with Crippen molar-refractivity contribution in [2.24, 2.45) is 5.73 Å². The van der Waals surface area contributed by atoms with Crippen LogP contribution in [0.4, 0.5) is 10.1 Å². The molecule has 1 heterocycles. The van der Waals surface area contributed by atoms with E-state index in [1.165, 1.54) is 58.9 Å². The molecule has 0 spiro atoms. The van der Waals surface area contributed by atoms with E-state index in [1.54, 1.807) is 6.26 Å². The summed E-state index contributed by atoms with van der Waals surface area (Å²) in [6.07, 6.45) is 3.07. The van der Waals surface area contributed by atoms with Crippen LogP contribution >= 0.6 is 11.8 Å². The number of amides is 1. The summed E-state index contributed by atoms with van der Waals surface area (Å²) < 4.78 is 20.0. The number of carbonyl (C=O) groups is 2. The molecule has 1 aromatic heterocycles. The molecule has 2 N–H and O–H groups in total. The number of nitro groups is 1. The van der Waals surface area contributed by atoms with Crippen LogP contribution in [0.1, 0.15) is 26.4 Å². The molecule has 1 amide bonds. The lowest BCUT2D eigenvalue weighted by atomic mass is 10.1. The Morgan fingerprint density at radius 3 is 2.57 bits per heavy atom. The molecule has 11 heteroatoms. The topological polar surface area (TPSA) is 130 Å². The number of rotatable bonds is 7. The Balaban J connectivity index is 1.87. The maximum atomic E-state index is 13.3. The highest BCUT2D eigenvalue weighted by Crippen LogP contribution is 2.24. The lowest BCUT2D eigenvalue weighted by Gasteiger charge is -2.11. The lowest BCUT2D eigenvalue weighted by molar-refractivity contribution is -0.385. The van der Waals surface area contributed by atoms with Gasteiger partial charge < -0.3 is 10.5 Å². The van der Waals surface area contributed by atoms with E-state index in [2.05, 4.69) is 4.98 Å². The van der Waals surface area contributed by atoms with Gasteiger partial charge in [-0.15, -0.1) is 0 Å². The number of nitro benzene ring substituents is 1. The number of hydrogen-bond donors (Lipinski definition) is 1. The fourth-order valence-electron chi connectivity index (χ4n) is 2.69. The molecular formula is C19H15FN4O5S. The van der Waals surface area contributed by atoms with Crippen LogP contribution in [-0.4, -0.2) is 32.6 Å². The Bertz CT molecular complexity index is 1130. The first kappa shape index (κ1) is 21.0. The fraction of sp³-hybridized carbons (Fsp3) is 0.105. The number of aromatic nitrogens is 2. The van der Waals surface area contributed by atoms with E-state index in [4.69, 9.17) is 10.5 Å². The van der Waals surface area contributed by atoms with E-state index in [0.717, 1.165) is 6.07 Å². The molecule has 0 saturated heterocycles. The van der Waals surface area contributed by atoms with Crippen LogP contribution in [0.15, 0.2) is 53.8 Å². The number of nitrogens with zero attached hydrogens (tertiary/aromatic N) is 3. The zero-order valence-electron chi connectivity index (χ0n) is 15.6. The average Bonchev–Trinajstić information content (AvgIpc) is 3.16. The molecule has 9 nitrogen and oxygen atoms in total. The predicted molar refractivity (Wildman–Crippen MR) is 106 cm³/mol. The zero-order valence-corrected chi connectivity index (χ0v) is 16.4. The molecule has 154 valence electrons. The summed E-state index contributed by atoms with van der Waals surface area (Å²) in [5.41, 5.74) is 5.39. The summed E-state index contributed by atoms with van der Waals surface area (Å²) in [5, 5.41) is 11.8. The van der Waals surface area contributed by atoms with Gasteiger partial charge in [0.2, 0.25) is 5.91 Å². The second-order valence-corrected chi connectivity index (χ2v) is 6.76. The van der Waals surface area contributed by atoms with Crippen molar-refractivity contribution in [1.82, 2.24) is 9.55 Å². The number of ether oxygens (including phenoxy) is 1. The molecule has 0 aliphatic carbocycles. The van der Waals surface area contributed by atoms with Crippen LogP contribution in [0.5, 0.6) is 0 Å². The second kappa shape index (κ2) is 8.74. The molecule has 3 aromatic rings. The third kappa shape index (κ3) is 4.30. The molecule has 0 bridgehead atoms. The van der Waals surface area contributed by atoms with Gasteiger partial charge in [-0.05, 0) is 42.7 Å². The maximum Gasteiger partial charge on any atom is 0.357 e. The number of primary amides is 1. The van der Waals surface area contributed by atoms with Gasteiger partial charge in [0.15, 0.2) is 10.9 Å². The zero-order chi connectivity index (χ0) is 21.8. The van der Waals surface area contributed by atoms with Gasteiger partial charge in [-0.2, -0.15) is 0 Å². The van der Waals surface area contributed by atoms with E-state index in [9.17, 15) is 24.1 Å². The average molecular weight is 430 g/mol. The monoisotopic (exact) mass is 430 g/mol. The molecule has 0 aliphatic heterocycles. The van der Waals surface area contributed by atoms with Gasteiger partial charge in [-0.1, -0.05) is 11.8 Å². The smallest absolute Gasteiger partial charge is 0.357 e. The van der Waals surface area contributed by atoms with E-state index >= 15 is 0 Å². The third-order valence-corrected chi connectivity index (χ3v) is 4.78. The predicted octanol–water partition coefficient (Wildman–Crippen LogP) is 3.10. The minimum Gasteiger partial charge on any atom is -0.456 e. The normalized spacial score (nSPS) is 10.6. The van der Waals surface area contributed by atoms with Gasteiger partial charge in [0, 0.05) is 17.3 Å². The quantitative estimate of drug-likeness (QED) is 0.264. The molecule has 0 radical (unpaired) electrons. The molecule has 3 rings (SSSR count). The Hall–Kier alpha value is -3.73. The summed E-state index contributed by atoms with van der Waals surface area (Å²) >= 11 is 1.28. The van der Waals surface area contributed by atoms with Crippen molar-refractivity contribution in [3.63, 3.8) is 0 Å². The fourth-order valence-corrected chi connectivity index (χ4v) is 3.23. The molecule has 0 aliphatic rings. The molecule has 2 aromatic carbocycles. The van der Waals surface area contributed by atoms with E-state index < -0.39 is 34.9 Å². The van der Waals surface area contributed by atoms with Gasteiger partial charge in [-0.3, -0.25) is 19.5 Å². The van der Waals surface area contributed by atoms with Crippen molar-refractivity contribution in [3.05, 3.63) is 81.4 Å². The van der Waals surface area contributed by atoms with Gasteiger partial charge in [0.1, 0.15) is 12.4 Å². The summed E-state index contributed by atoms with van der Waals surface area (Å²) in [6.45, 7) is -0.405. The van der Waals surface area contributed by atoms with E-state index in [0.29, 0.717) is 10.8 Å². The number of carbonyl (C=O) groups excluding carboxylic acids is 2. The van der Waals surface area contributed by atoms with Crippen LogP contribution in [0.3, 0.4) is 0 Å². The number of esters is 1. The maximum absolute atomic E-state index is 13.3. The van der Waals surface area contributed by atoms with Crippen molar-refractivity contribution in [3.8, 4) is 5.69 Å². The first-order valence-electron chi connectivity index (χ1n) is 8.43. The van der Waals surface area contributed by atoms with Crippen molar-refractivity contribution >= 4 is 29.3 Å². The first-order valence-corrected chi connectivity index (χ1v) is 9.66. The number of halogens is 1. The summed E-state index contributed by atoms with van der Waals surface area (Å²) in [6, 6.07) is 9.11. The lowest BCUT2D eigenvalue weighted by Crippen LogP contribution is -2.14. The Kier molecular flexibility index (Phi) is 6.11. The highest BCUT2D eigenvalue weighted by molar-refractivity contribution is 7.98. The van der Waals surface area contributed by atoms with Gasteiger partial charge >= 0.3 is 5.97 Å². The van der Waals surface area contributed by atoms with Crippen molar-refractivity contribution < 1.29 is 23.6 Å². The molecule has 0 atom stereocenters. The SMILES string of the molecule is CSc1ncc(C(=O)OCc2ccc(C(N)=O)cc2[N+](=O)[O-])n1-c1ccc(F)cc1. The first-order chi connectivity index (χ1) is 14.3. The van der Waals surface area contributed by atoms with Crippen LogP contribution in [-0.2, 0) is 11.3 Å². The van der Waals surface area contributed by atoms with Crippen molar-refractivity contribution in [2.75, 3.05) is 6.26 Å². The van der Waals surface area contributed by atoms with Crippen LogP contribution in [0, 0.1) is 15.9 Å². The number of thioether (sulfide) groups is 1. The molecule has 30 heavy (non-hydrogen) atoms. The minimum atomic E-state index is -0.811. The third-order valence-electron chi connectivity index (χ3n) is 4.13. The number of hydrogen-bond acceptors (Lipinski definition) is 7. The van der Waals surface area contributed by atoms with Crippen LogP contribution in [0.25, 0.3) is 5.69 Å². The Morgan fingerprint density at radius 2 is 1.97 bits per heavy atom. The highest BCUT2D eigenvalue weighted by Gasteiger charge is 2.22. The summed E-state index contributed by atoms with van der Waals surface area (Å²) in [7, 11) is 0. The number of benzene rings is 2. The number of imidazole rings is 1. The molecule has 0 fully saturated rings. The van der Waals surface area contributed by atoms with E-state index in [-0.39, 0.29) is 16.8 Å². The van der Waals surface area contributed by atoms with E-state index in [1.807, 2.05) is 0 Å². The Labute approximate surface area is 173 Å². The molecule has 0 saturated carbocycles. The van der Waals surface area contributed by atoms with Crippen LogP contribution < -0.4 is 5.73 Å². The number of nitrogens with two attached hydrogens (primary N) is 1. The summed E-state index contributed by atoms with van der Waals surface area (Å²) in [4.78, 5) is 38.6. The Morgan fingerprint density at radius 1 is 1.27 bits per heavy atom. The van der Waals surface area contributed by atoms with Crippen molar-refractivity contribution in [2.45, 2.75) is 11.8 Å². The molecule has 0 unspecified atom stereocenters. The summed E-state index contributed by atoms with van der Waals surface area (Å²) in [5.74, 6) is -2.02. The second-order valence-electron chi connectivity index (χ2n) is 5.98. The largest absolute Gasteiger partial charge is 0.456 e. The minimum absolute atomic E-state index is 0.0317.